The normalized spacial score (nSPS) is 24.2. The fourth-order valence-electron chi connectivity index (χ4n) is 2.72. The molecule has 2 amide bonds. The van der Waals surface area contributed by atoms with Crippen LogP contribution in [-0.2, 0) is 9.59 Å². The van der Waals surface area contributed by atoms with Crippen molar-refractivity contribution in [3.8, 4) is 11.5 Å². The number of rotatable bonds is 1. The van der Waals surface area contributed by atoms with Crippen LogP contribution in [0, 0.1) is 18.8 Å². The zero-order chi connectivity index (χ0) is 15.3. The van der Waals surface area contributed by atoms with Gasteiger partial charge in [-0.25, -0.2) is 4.90 Å². The Hall–Kier alpha value is -2.76. The van der Waals surface area contributed by atoms with Crippen molar-refractivity contribution in [1.29, 1.82) is 0 Å². The number of nitrogens with two attached hydrogens (primary N) is 1. The number of imide groups is 1. The Kier molecular flexibility index (Phi) is 2.76. The third-order valence-corrected chi connectivity index (χ3v) is 3.80. The van der Waals surface area contributed by atoms with Crippen molar-refractivity contribution in [2.45, 2.75) is 6.92 Å². The van der Waals surface area contributed by atoms with Gasteiger partial charge in [-0.1, -0.05) is 6.08 Å². The van der Waals surface area contributed by atoms with Gasteiger partial charge in [0, 0.05) is 11.8 Å². The van der Waals surface area contributed by atoms with E-state index in [1.807, 2.05) is 0 Å². The van der Waals surface area contributed by atoms with Gasteiger partial charge in [0.2, 0.25) is 11.8 Å². The van der Waals surface area contributed by atoms with Crippen molar-refractivity contribution in [3.63, 3.8) is 0 Å². The number of phenolic OH excluding ortho intramolecular Hbond substituents is 2. The maximum absolute atomic E-state index is 12.5. The summed E-state index contributed by atoms with van der Waals surface area (Å²) in [5, 5.41) is 19.1. The monoisotopic (exact) mass is 286 g/mol. The number of allylic oxidation sites excluding steroid dienone is 1. The molecule has 2 atom stereocenters. The first-order chi connectivity index (χ1) is 9.90. The predicted octanol–water partition coefficient (Wildman–Crippen LogP) is 0.924. The van der Waals surface area contributed by atoms with E-state index in [9.17, 15) is 19.8 Å². The molecule has 2 aliphatic rings. The summed E-state index contributed by atoms with van der Waals surface area (Å²) in [7, 11) is 0. The van der Waals surface area contributed by atoms with E-state index in [0.717, 1.165) is 4.90 Å². The second-order valence-electron chi connectivity index (χ2n) is 5.22. The number of fused-ring (bicyclic) bond motifs is 1. The molecule has 2 unspecified atom stereocenters. The van der Waals surface area contributed by atoms with Gasteiger partial charge < -0.3 is 15.9 Å². The number of phenols is 2. The van der Waals surface area contributed by atoms with Crippen molar-refractivity contribution >= 4 is 17.5 Å². The lowest BCUT2D eigenvalue weighted by Crippen LogP contribution is -2.31. The molecule has 0 aromatic heterocycles. The molecule has 0 saturated carbocycles. The molecule has 4 N–H and O–H groups in total. The van der Waals surface area contributed by atoms with Crippen molar-refractivity contribution in [2.24, 2.45) is 17.6 Å². The van der Waals surface area contributed by atoms with Crippen molar-refractivity contribution in [2.75, 3.05) is 4.90 Å². The second-order valence-corrected chi connectivity index (χ2v) is 5.22. The molecule has 1 fully saturated rings. The fourth-order valence-corrected chi connectivity index (χ4v) is 2.72. The standard InChI is InChI=1S/C15H14N2O4/c1-7-4-12(18)13(19)6-11(7)17-14(20)9-3-2-8(16)5-10(9)15(17)21/h2-6,9-10,18-19H,16H2,1H3. The highest BCUT2D eigenvalue weighted by molar-refractivity contribution is 6.23. The highest BCUT2D eigenvalue weighted by Gasteiger charge is 2.47. The van der Waals surface area contributed by atoms with E-state index >= 15 is 0 Å². The van der Waals surface area contributed by atoms with Crippen LogP contribution in [-0.4, -0.2) is 22.0 Å². The number of amides is 2. The van der Waals surface area contributed by atoms with Crippen LogP contribution in [0.5, 0.6) is 11.5 Å². The fraction of sp³-hybridized carbons (Fsp3) is 0.200. The average Bonchev–Trinajstić information content (AvgIpc) is 2.66. The first-order valence-electron chi connectivity index (χ1n) is 6.46. The molecular formula is C15H14N2O4. The molecule has 1 aromatic carbocycles. The number of carbonyl (C=O) groups excluding carboxylic acids is 2. The summed E-state index contributed by atoms with van der Waals surface area (Å²) in [4.78, 5) is 26.0. The largest absolute Gasteiger partial charge is 0.504 e. The predicted molar refractivity (Wildman–Crippen MR) is 75.4 cm³/mol. The highest BCUT2D eigenvalue weighted by atomic mass is 16.3. The van der Waals surface area contributed by atoms with Gasteiger partial charge in [0.25, 0.3) is 0 Å². The van der Waals surface area contributed by atoms with Crippen molar-refractivity contribution < 1.29 is 19.8 Å². The molecule has 6 nitrogen and oxygen atoms in total. The Morgan fingerprint density at radius 2 is 1.71 bits per heavy atom. The smallest absolute Gasteiger partial charge is 0.241 e. The molecule has 0 spiro atoms. The molecule has 108 valence electrons. The minimum Gasteiger partial charge on any atom is -0.504 e. The van der Waals surface area contributed by atoms with Crippen LogP contribution in [0.2, 0.25) is 0 Å². The van der Waals surface area contributed by atoms with E-state index < -0.39 is 11.8 Å². The molecular weight excluding hydrogens is 272 g/mol. The minimum absolute atomic E-state index is 0.273. The Morgan fingerprint density at radius 3 is 2.43 bits per heavy atom. The topological polar surface area (TPSA) is 104 Å². The van der Waals surface area contributed by atoms with Crippen molar-refractivity contribution in [1.82, 2.24) is 0 Å². The number of benzene rings is 1. The van der Waals surface area contributed by atoms with E-state index in [2.05, 4.69) is 0 Å². The lowest BCUT2D eigenvalue weighted by molar-refractivity contribution is -0.122. The Labute approximate surface area is 120 Å². The maximum Gasteiger partial charge on any atom is 0.241 e. The highest BCUT2D eigenvalue weighted by Crippen LogP contribution is 2.39. The van der Waals surface area contributed by atoms with Crippen LogP contribution < -0.4 is 10.6 Å². The van der Waals surface area contributed by atoms with Gasteiger partial charge in [-0.3, -0.25) is 9.59 Å². The summed E-state index contributed by atoms with van der Waals surface area (Å²) >= 11 is 0. The second kappa shape index (κ2) is 4.37. The number of carbonyl (C=O) groups is 2. The molecule has 1 saturated heterocycles. The average molecular weight is 286 g/mol. The van der Waals surface area contributed by atoms with Crippen LogP contribution in [0.1, 0.15) is 5.56 Å². The Balaban J connectivity index is 2.08. The van der Waals surface area contributed by atoms with E-state index in [0.29, 0.717) is 11.3 Å². The molecule has 0 bridgehead atoms. The number of nitrogens with zero attached hydrogens (tertiary/aromatic N) is 1. The van der Waals surface area contributed by atoms with E-state index in [4.69, 9.17) is 5.73 Å². The zero-order valence-corrected chi connectivity index (χ0v) is 11.3. The lowest BCUT2D eigenvalue weighted by atomic mass is 9.90. The van der Waals surface area contributed by atoms with Crippen molar-refractivity contribution in [3.05, 3.63) is 41.6 Å². The van der Waals surface area contributed by atoms with Crippen LogP contribution in [0.4, 0.5) is 5.69 Å². The number of hydrogen-bond donors (Lipinski definition) is 3. The number of hydrogen-bond acceptors (Lipinski definition) is 5. The maximum atomic E-state index is 12.5. The van der Waals surface area contributed by atoms with E-state index in [-0.39, 0.29) is 29.0 Å². The molecule has 1 heterocycles. The van der Waals surface area contributed by atoms with Crippen LogP contribution in [0.15, 0.2) is 36.1 Å². The summed E-state index contributed by atoms with van der Waals surface area (Å²) in [6, 6.07) is 2.53. The van der Waals surface area contributed by atoms with Crippen LogP contribution >= 0.6 is 0 Å². The SMILES string of the molecule is Cc1cc(O)c(O)cc1N1C(=O)C2C=CC(N)=CC2C1=O. The number of aromatic hydroxyl groups is 2. The molecule has 6 heteroatoms. The van der Waals surface area contributed by atoms with Gasteiger partial charge in [0.15, 0.2) is 11.5 Å². The summed E-state index contributed by atoms with van der Waals surface area (Å²) in [5.41, 5.74) is 6.92. The van der Waals surface area contributed by atoms with Gasteiger partial charge >= 0.3 is 0 Å². The number of aryl methyl sites for hydroxylation is 1. The van der Waals surface area contributed by atoms with Crippen LogP contribution in [0.3, 0.4) is 0 Å². The molecule has 0 radical (unpaired) electrons. The van der Waals surface area contributed by atoms with Crippen LogP contribution in [0.25, 0.3) is 0 Å². The molecule has 1 aromatic rings. The van der Waals surface area contributed by atoms with E-state index in [1.54, 1.807) is 25.2 Å². The third-order valence-electron chi connectivity index (χ3n) is 3.80. The Morgan fingerprint density at radius 1 is 1.10 bits per heavy atom. The molecule has 3 rings (SSSR count). The minimum atomic E-state index is -0.613. The first kappa shape index (κ1) is 13.2. The summed E-state index contributed by atoms with van der Waals surface area (Å²) < 4.78 is 0. The van der Waals surface area contributed by atoms with Gasteiger partial charge in [0.1, 0.15) is 0 Å². The van der Waals surface area contributed by atoms with Gasteiger partial charge in [-0.15, -0.1) is 0 Å². The lowest BCUT2D eigenvalue weighted by Gasteiger charge is -2.17. The van der Waals surface area contributed by atoms with E-state index in [1.165, 1.54) is 12.1 Å². The van der Waals surface area contributed by atoms with Gasteiger partial charge in [-0.2, -0.15) is 0 Å². The summed E-state index contributed by atoms with van der Waals surface area (Å²) in [6.07, 6.45) is 4.80. The zero-order valence-electron chi connectivity index (χ0n) is 11.3. The number of anilines is 1. The molecule has 1 aliphatic heterocycles. The summed E-state index contributed by atoms with van der Waals surface area (Å²) in [5.74, 6) is -2.60. The Bertz CT molecular complexity index is 721. The third kappa shape index (κ3) is 1.87. The first-order valence-corrected chi connectivity index (χ1v) is 6.46. The molecule has 1 aliphatic carbocycles. The van der Waals surface area contributed by atoms with Gasteiger partial charge in [0.05, 0.1) is 17.5 Å². The van der Waals surface area contributed by atoms with Gasteiger partial charge in [-0.05, 0) is 30.7 Å². The summed E-state index contributed by atoms with van der Waals surface area (Å²) in [6.45, 7) is 1.65. The molecule has 21 heavy (non-hydrogen) atoms. The quantitative estimate of drug-likeness (QED) is 0.526.